The quantitative estimate of drug-likeness (QED) is 0.784. The average molecular weight is 374 g/mol. The van der Waals surface area contributed by atoms with Gasteiger partial charge >= 0.3 is 0 Å². The molecule has 3 aliphatic rings. The maximum Gasteiger partial charge on any atom is 0.260 e. The van der Waals surface area contributed by atoms with Crippen LogP contribution in [0.2, 0.25) is 0 Å². The van der Waals surface area contributed by atoms with Gasteiger partial charge in [0.05, 0.1) is 32.2 Å². The summed E-state index contributed by atoms with van der Waals surface area (Å²) >= 11 is 0. The van der Waals surface area contributed by atoms with E-state index in [4.69, 9.17) is 14.2 Å². The molecule has 2 amide bonds. The Bertz CT molecular complexity index is 752. The third-order valence-corrected chi connectivity index (χ3v) is 5.98. The van der Waals surface area contributed by atoms with Gasteiger partial charge in [-0.25, -0.2) is 0 Å². The molecule has 0 bridgehead atoms. The van der Waals surface area contributed by atoms with Crippen molar-refractivity contribution in [3.63, 3.8) is 0 Å². The summed E-state index contributed by atoms with van der Waals surface area (Å²) in [4.78, 5) is 29.1. The number of benzene rings is 1. The number of amides is 2. The third-order valence-electron chi connectivity index (χ3n) is 5.98. The van der Waals surface area contributed by atoms with Crippen molar-refractivity contribution in [2.45, 2.75) is 44.5 Å². The number of methoxy groups -OCH3 is 1. The summed E-state index contributed by atoms with van der Waals surface area (Å²) in [6, 6.07) is 7.03. The van der Waals surface area contributed by atoms with E-state index in [9.17, 15) is 9.59 Å². The van der Waals surface area contributed by atoms with Crippen molar-refractivity contribution in [1.29, 1.82) is 0 Å². The van der Waals surface area contributed by atoms with Crippen LogP contribution in [0.5, 0.6) is 11.5 Å². The largest absolute Gasteiger partial charge is 0.497 e. The van der Waals surface area contributed by atoms with Crippen molar-refractivity contribution in [3.05, 3.63) is 24.3 Å². The lowest BCUT2D eigenvalue weighted by atomic mass is 10.0. The minimum absolute atomic E-state index is 0.0679. The molecule has 1 spiro atoms. The van der Waals surface area contributed by atoms with Crippen LogP contribution in [-0.2, 0) is 14.3 Å². The highest BCUT2D eigenvalue weighted by Crippen LogP contribution is 2.48. The van der Waals surface area contributed by atoms with E-state index in [2.05, 4.69) is 13.8 Å². The summed E-state index contributed by atoms with van der Waals surface area (Å²) in [5, 5.41) is 0. The summed E-state index contributed by atoms with van der Waals surface area (Å²) in [6.45, 7) is 5.27. The lowest BCUT2D eigenvalue weighted by Gasteiger charge is -2.34. The van der Waals surface area contributed by atoms with Crippen molar-refractivity contribution < 1.29 is 23.8 Å². The molecule has 0 aliphatic carbocycles. The lowest BCUT2D eigenvalue weighted by Crippen LogP contribution is -2.51. The molecule has 3 heterocycles. The molecule has 7 heteroatoms. The van der Waals surface area contributed by atoms with Crippen LogP contribution in [0.1, 0.15) is 26.7 Å². The zero-order valence-corrected chi connectivity index (χ0v) is 16.0. The molecule has 0 radical (unpaired) electrons. The second kappa shape index (κ2) is 6.71. The predicted molar refractivity (Wildman–Crippen MR) is 97.4 cm³/mol. The highest BCUT2D eigenvalue weighted by atomic mass is 16.5. The first-order chi connectivity index (χ1) is 13.0. The second-order valence-corrected chi connectivity index (χ2v) is 7.76. The Morgan fingerprint density at radius 1 is 1.37 bits per heavy atom. The molecule has 0 aromatic heterocycles. The number of ether oxygens (including phenoxy) is 3. The van der Waals surface area contributed by atoms with E-state index < -0.39 is 5.72 Å². The van der Waals surface area contributed by atoms with Crippen molar-refractivity contribution in [3.8, 4) is 11.5 Å². The highest BCUT2D eigenvalue weighted by Gasteiger charge is 2.65. The van der Waals surface area contributed by atoms with Crippen LogP contribution in [0.4, 0.5) is 0 Å². The first kappa shape index (κ1) is 18.1. The Labute approximate surface area is 159 Å². The fourth-order valence-electron chi connectivity index (χ4n) is 4.59. The Morgan fingerprint density at radius 2 is 2.15 bits per heavy atom. The van der Waals surface area contributed by atoms with Crippen LogP contribution < -0.4 is 9.47 Å². The molecule has 146 valence electrons. The monoisotopic (exact) mass is 374 g/mol. The van der Waals surface area contributed by atoms with Crippen LogP contribution in [0.25, 0.3) is 0 Å². The first-order valence-electron chi connectivity index (χ1n) is 9.48. The van der Waals surface area contributed by atoms with Crippen LogP contribution in [0.3, 0.4) is 0 Å². The van der Waals surface area contributed by atoms with Gasteiger partial charge in [0.2, 0.25) is 5.91 Å². The normalized spacial score (nSPS) is 29.3. The summed E-state index contributed by atoms with van der Waals surface area (Å²) in [5.41, 5.74) is -0.641. The predicted octanol–water partition coefficient (Wildman–Crippen LogP) is 1.66. The van der Waals surface area contributed by atoms with Crippen molar-refractivity contribution >= 4 is 11.8 Å². The standard InChI is InChI=1S/C20H26N2O5/c1-13(2)16-11-27-20-7-8-21(17(20)10-18(23)22(16)20)19(24)12-26-15-6-4-5-14(9-15)25-3/h4-6,9,13,16-17H,7-8,10-12H2,1-3H3/t16-,17+,20-/m0/s1. The smallest absolute Gasteiger partial charge is 0.260 e. The van der Waals surface area contributed by atoms with Gasteiger partial charge in [0.1, 0.15) is 11.5 Å². The van der Waals surface area contributed by atoms with Gasteiger partial charge in [0.25, 0.3) is 5.91 Å². The van der Waals surface area contributed by atoms with Gasteiger partial charge in [-0.15, -0.1) is 0 Å². The van der Waals surface area contributed by atoms with Crippen LogP contribution in [0.15, 0.2) is 24.3 Å². The van der Waals surface area contributed by atoms with E-state index in [0.717, 1.165) is 0 Å². The topological polar surface area (TPSA) is 68.3 Å². The van der Waals surface area contributed by atoms with E-state index in [1.165, 1.54) is 0 Å². The Morgan fingerprint density at radius 3 is 2.89 bits per heavy atom. The van der Waals surface area contributed by atoms with E-state index in [-0.39, 0.29) is 30.5 Å². The molecular formula is C20H26N2O5. The molecule has 3 saturated heterocycles. The SMILES string of the molecule is COc1cccc(OCC(=O)N2CC[C@@]34OC[C@@H](C(C)C)N3C(=O)C[C@@H]24)c1. The van der Waals surface area contributed by atoms with Gasteiger partial charge in [0, 0.05) is 19.0 Å². The molecule has 7 nitrogen and oxygen atoms in total. The van der Waals surface area contributed by atoms with E-state index in [1.54, 1.807) is 24.1 Å². The minimum Gasteiger partial charge on any atom is -0.497 e. The number of hydrogen-bond acceptors (Lipinski definition) is 5. The summed E-state index contributed by atoms with van der Waals surface area (Å²) in [7, 11) is 1.59. The Hall–Kier alpha value is -2.28. The Balaban J connectivity index is 1.45. The van der Waals surface area contributed by atoms with Gasteiger partial charge < -0.3 is 24.0 Å². The van der Waals surface area contributed by atoms with Crippen molar-refractivity contribution in [1.82, 2.24) is 9.80 Å². The zero-order chi connectivity index (χ0) is 19.2. The molecule has 27 heavy (non-hydrogen) atoms. The van der Waals surface area contributed by atoms with Crippen LogP contribution in [-0.4, -0.2) is 66.3 Å². The fraction of sp³-hybridized carbons (Fsp3) is 0.600. The number of likely N-dealkylation sites (tertiary alicyclic amines) is 1. The highest BCUT2D eigenvalue weighted by molar-refractivity contribution is 5.85. The summed E-state index contributed by atoms with van der Waals surface area (Å²) in [5.74, 6) is 1.55. The van der Waals surface area contributed by atoms with Gasteiger partial charge in [-0.1, -0.05) is 19.9 Å². The van der Waals surface area contributed by atoms with E-state index in [1.807, 2.05) is 17.0 Å². The van der Waals surface area contributed by atoms with Crippen molar-refractivity contribution in [2.24, 2.45) is 5.92 Å². The molecular weight excluding hydrogens is 348 g/mol. The fourth-order valence-corrected chi connectivity index (χ4v) is 4.59. The lowest BCUT2D eigenvalue weighted by molar-refractivity contribution is -0.142. The van der Waals surface area contributed by atoms with Crippen molar-refractivity contribution in [2.75, 3.05) is 26.9 Å². The van der Waals surface area contributed by atoms with Crippen LogP contribution >= 0.6 is 0 Å². The number of hydrogen-bond donors (Lipinski definition) is 0. The first-order valence-corrected chi connectivity index (χ1v) is 9.48. The molecule has 0 N–H and O–H groups in total. The minimum atomic E-state index is -0.641. The van der Waals surface area contributed by atoms with Gasteiger partial charge in [0.15, 0.2) is 12.3 Å². The zero-order valence-electron chi connectivity index (χ0n) is 16.0. The number of carbonyl (C=O) groups excluding carboxylic acids is 2. The maximum absolute atomic E-state index is 12.8. The molecule has 0 unspecified atom stereocenters. The van der Waals surface area contributed by atoms with Gasteiger partial charge in [-0.2, -0.15) is 0 Å². The molecule has 0 saturated carbocycles. The molecule has 1 aromatic carbocycles. The van der Waals surface area contributed by atoms with Gasteiger partial charge in [-0.05, 0) is 18.1 Å². The maximum atomic E-state index is 12.8. The molecule has 3 atom stereocenters. The van der Waals surface area contributed by atoms with Crippen LogP contribution in [0, 0.1) is 5.92 Å². The molecule has 3 fully saturated rings. The average Bonchev–Trinajstić information content (AvgIpc) is 3.29. The number of rotatable bonds is 5. The summed E-state index contributed by atoms with van der Waals surface area (Å²) in [6.07, 6.45) is 0.992. The summed E-state index contributed by atoms with van der Waals surface area (Å²) < 4.78 is 17.0. The third kappa shape index (κ3) is 2.84. The molecule has 1 aromatic rings. The number of nitrogens with zero attached hydrogens (tertiary/aromatic N) is 2. The second-order valence-electron chi connectivity index (χ2n) is 7.76. The number of carbonyl (C=O) groups is 2. The molecule has 3 aliphatic heterocycles. The van der Waals surface area contributed by atoms with Gasteiger partial charge in [-0.3, -0.25) is 9.59 Å². The van der Waals surface area contributed by atoms with E-state index >= 15 is 0 Å². The Kier molecular flexibility index (Phi) is 4.50. The van der Waals surface area contributed by atoms with E-state index in [0.29, 0.717) is 43.4 Å². The molecule has 4 rings (SSSR count).